The Bertz CT molecular complexity index is 512. The standard InChI is InChI=1S/C12H12O4/c13-9-2-1-3-10-11(9)7-4-5-15-6-8(7)12(14)16-10/h1-6H2. The second-order valence-corrected chi connectivity index (χ2v) is 4.22. The first-order chi connectivity index (χ1) is 7.77. The number of ether oxygens (including phenoxy) is 1. The van der Waals surface area contributed by atoms with Crippen molar-refractivity contribution in [3.63, 3.8) is 0 Å². The predicted octanol–water partition coefficient (Wildman–Crippen LogP) is 1.23. The summed E-state index contributed by atoms with van der Waals surface area (Å²) in [5, 5.41) is 0. The number of Topliss-reactive ketones (excluding diaryl/α,β-unsaturated/α-hetero) is 1. The van der Waals surface area contributed by atoms with Crippen LogP contribution in [0.4, 0.5) is 0 Å². The van der Waals surface area contributed by atoms with Crippen LogP contribution in [0.1, 0.15) is 40.1 Å². The van der Waals surface area contributed by atoms with Gasteiger partial charge in [-0.3, -0.25) is 4.79 Å². The molecule has 0 saturated heterocycles. The molecule has 4 heteroatoms. The third-order valence-corrected chi connectivity index (χ3v) is 3.24. The maximum Gasteiger partial charge on any atom is 0.341 e. The van der Waals surface area contributed by atoms with Gasteiger partial charge in [0.15, 0.2) is 5.78 Å². The number of hydrogen-bond donors (Lipinski definition) is 0. The van der Waals surface area contributed by atoms with Crippen LogP contribution in [-0.4, -0.2) is 12.4 Å². The zero-order valence-electron chi connectivity index (χ0n) is 8.88. The fourth-order valence-corrected chi connectivity index (χ4v) is 2.47. The molecule has 0 N–H and O–H groups in total. The normalized spacial score (nSPS) is 19.1. The second kappa shape index (κ2) is 3.56. The molecule has 16 heavy (non-hydrogen) atoms. The molecule has 2 heterocycles. The summed E-state index contributed by atoms with van der Waals surface area (Å²) >= 11 is 0. The minimum absolute atomic E-state index is 0.114. The first-order valence-electron chi connectivity index (χ1n) is 5.56. The maximum absolute atomic E-state index is 11.9. The van der Waals surface area contributed by atoms with E-state index in [4.69, 9.17) is 9.15 Å². The molecule has 0 spiro atoms. The average Bonchev–Trinajstić information content (AvgIpc) is 2.29. The van der Waals surface area contributed by atoms with Gasteiger partial charge in [-0.15, -0.1) is 0 Å². The van der Waals surface area contributed by atoms with E-state index in [9.17, 15) is 9.59 Å². The molecule has 0 radical (unpaired) electrons. The number of aryl methyl sites for hydroxylation is 1. The smallest absolute Gasteiger partial charge is 0.341 e. The van der Waals surface area contributed by atoms with E-state index in [0.717, 1.165) is 12.0 Å². The molecule has 0 saturated carbocycles. The highest BCUT2D eigenvalue weighted by atomic mass is 16.5. The number of rotatable bonds is 0. The van der Waals surface area contributed by atoms with Gasteiger partial charge in [0.25, 0.3) is 0 Å². The number of carbonyl (C=O) groups excluding carboxylic acids is 1. The van der Waals surface area contributed by atoms with Crippen LogP contribution in [0.5, 0.6) is 0 Å². The van der Waals surface area contributed by atoms with Gasteiger partial charge in [0.2, 0.25) is 0 Å². The van der Waals surface area contributed by atoms with Gasteiger partial charge >= 0.3 is 5.63 Å². The largest absolute Gasteiger partial charge is 0.427 e. The molecule has 0 bridgehead atoms. The van der Waals surface area contributed by atoms with Gasteiger partial charge in [0.1, 0.15) is 5.76 Å². The summed E-state index contributed by atoms with van der Waals surface area (Å²) in [6, 6.07) is 0. The lowest BCUT2D eigenvalue weighted by Crippen LogP contribution is -2.26. The Morgan fingerprint density at radius 3 is 2.75 bits per heavy atom. The van der Waals surface area contributed by atoms with Crippen LogP contribution < -0.4 is 5.63 Å². The summed E-state index contributed by atoms with van der Waals surface area (Å²) in [6.45, 7) is 0.856. The Labute approximate surface area is 92.2 Å². The van der Waals surface area contributed by atoms with Crippen LogP contribution in [0.15, 0.2) is 9.21 Å². The first-order valence-corrected chi connectivity index (χ1v) is 5.56. The van der Waals surface area contributed by atoms with Crippen LogP contribution in [0.2, 0.25) is 0 Å². The van der Waals surface area contributed by atoms with Crippen molar-refractivity contribution in [2.45, 2.75) is 32.3 Å². The fourth-order valence-electron chi connectivity index (χ4n) is 2.47. The number of hydrogen-bond acceptors (Lipinski definition) is 4. The molecule has 84 valence electrons. The third kappa shape index (κ3) is 1.33. The molecule has 0 amide bonds. The van der Waals surface area contributed by atoms with E-state index in [0.29, 0.717) is 42.8 Å². The molecular formula is C12H12O4. The lowest BCUT2D eigenvalue weighted by atomic mass is 9.88. The molecule has 0 aromatic carbocycles. The summed E-state index contributed by atoms with van der Waals surface area (Å²) in [7, 11) is 0. The van der Waals surface area contributed by atoms with E-state index in [1.807, 2.05) is 0 Å². The third-order valence-electron chi connectivity index (χ3n) is 3.24. The highest BCUT2D eigenvalue weighted by Gasteiger charge is 2.28. The van der Waals surface area contributed by atoms with Crippen molar-refractivity contribution < 1.29 is 13.9 Å². The van der Waals surface area contributed by atoms with Crippen molar-refractivity contribution in [1.29, 1.82) is 0 Å². The van der Waals surface area contributed by atoms with Crippen molar-refractivity contribution in [2.24, 2.45) is 0 Å². The Hall–Kier alpha value is -1.42. The van der Waals surface area contributed by atoms with E-state index >= 15 is 0 Å². The van der Waals surface area contributed by atoms with Gasteiger partial charge in [-0.2, -0.15) is 0 Å². The molecule has 1 aliphatic carbocycles. The van der Waals surface area contributed by atoms with Crippen molar-refractivity contribution in [1.82, 2.24) is 0 Å². The first kappa shape index (κ1) is 9.78. The SMILES string of the molecule is O=C1CCCc2oc(=O)c3c(c21)CCOC3. The Balaban J connectivity index is 2.29. The van der Waals surface area contributed by atoms with Crippen molar-refractivity contribution in [3.8, 4) is 0 Å². The molecule has 0 atom stereocenters. The summed E-state index contributed by atoms with van der Waals surface area (Å²) in [5.41, 5.74) is 1.76. The average molecular weight is 220 g/mol. The second-order valence-electron chi connectivity index (χ2n) is 4.22. The topological polar surface area (TPSA) is 56.5 Å². The molecular weight excluding hydrogens is 208 g/mol. The van der Waals surface area contributed by atoms with Crippen molar-refractivity contribution in [2.75, 3.05) is 6.61 Å². The van der Waals surface area contributed by atoms with Crippen molar-refractivity contribution in [3.05, 3.63) is 32.9 Å². The highest BCUT2D eigenvalue weighted by molar-refractivity contribution is 5.99. The molecule has 2 aliphatic rings. The summed E-state index contributed by atoms with van der Waals surface area (Å²) < 4.78 is 10.4. The maximum atomic E-state index is 11.9. The van der Waals surface area contributed by atoms with Gasteiger partial charge in [0, 0.05) is 12.8 Å². The van der Waals surface area contributed by atoms with Crippen LogP contribution in [0, 0.1) is 0 Å². The van der Waals surface area contributed by atoms with Gasteiger partial charge in [-0.1, -0.05) is 0 Å². The van der Waals surface area contributed by atoms with Crippen LogP contribution in [-0.2, 0) is 24.2 Å². The van der Waals surface area contributed by atoms with Crippen LogP contribution >= 0.6 is 0 Å². The van der Waals surface area contributed by atoms with Crippen LogP contribution in [0.3, 0.4) is 0 Å². The van der Waals surface area contributed by atoms with E-state index in [1.165, 1.54) is 0 Å². The lowest BCUT2D eigenvalue weighted by molar-refractivity contribution is 0.0937. The summed E-state index contributed by atoms with van der Waals surface area (Å²) in [6.07, 6.45) is 2.69. The fraction of sp³-hybridized carbons (Fsp3) is 0.500. The van der Waals surface area contributed by atoms with Gasteiger partial charge < -0.3 is 9.15 Å². The molecule has 1 aromatic heterocycles. The van der Waals surface area contributed by atoms with Gasteiger partial charge in [-0.05, 0) is 18.4 Å². The Morgan fingerprint density at radius 2 is 1.88 bits per heavy atom. The highest BCUT2D eigenvalue weighted by Crippen LogP contribution is 2.27. The summed E-state index contributed by atoms with van der Waals surface area (Å²) in [5.74, 6) is 0.699. The van der Waals surface area contributed by atoms with Gasteiger partial charge in [0.05, 0.1) is 24.3 Å². The minimum atomic E-state index is -0.330. The lowest BCUT2D eigenvalue weighted by Gasteiger charge is -2.22. The predicted molar refractivity (Wildman–Crippen MR) is 55.6 cm³/mol. The summed E-state index contributed by atoms with van der Waals surface area (Å²) in [4.78, 5) is 23.6. The van der Waals surface area contributed by atoms with E-state index in [-0.39, 0.29) is 18.0 Å². The minimum Gasteiger partial charge on any atom is -0.427 e. The molecule has 3 rings (SSSR count). The van der Waals surface area contributed by atoms with E-state index < -0.39 is 0 Å². The molecule has 1 aromatic rings. The Morgan fingerprint density at radius 1 is 1.00 bits per heavy atom. The monoisotopic (exact) mass is 220 g/mol. The van der Waals surface area contributed by atoms with Gasteiger partial charge in [-0.25, -0.2) is 4.79 Å². The van der Waals surface area contributed by atoms with E-state index in [1.54, 1.807) is 0 Å². The molecule has 0 fully saturated rings. The number of carbonyl (C=O) groups is 1. The number of ketones is 1. The zero-order valence-corrected chi connectivity index (χ0v) is 8.88. The van der Waals surface area contributed by atoms with E-state index in [2.05, 4.69) is 0 Å². The quantitative estimate of drug-likeness (QED) is 0.660. The molecule has 0 unspecified atom stereocenters. The van der Waals surface area contributed by atoms with Crippen molar-refractivity contribution >= 4 is 5.78 Å². The molecule has 1 aliphatic heterocycles. The van der Waals surface area contributed by atoms with Crippen LogP contribution in [0.25, 0.3) is 0 Å². The Kier molecular flexibility index (Phi) is 2.17. The number of fused-ring (bicyclic) bond motifs is 3. The zero-order chi connectivity index (χ0) is 11.1. The molecule has 4 nitrogen and oxygen atoms in total.